The number of ether oxygens (including phenoxy) is 2. The number of fused-ring (bicyclic) bond motifs is 1. The fourth-order valence-corrected chi connectivity index (χ4v) is 2.63. The second-order valence-corrected chi connectivity index (χ2v) is 5.17. The Hall–Kier alpha value is -3.53. The number of nitrogens with zero attached hydrogens (tertiary/aromatic N) is 3. The predicted molar refractivity (Wildman–Crippen MR) is 90.2 cm³/mol. The Balaban J connectivity index is 2.20. The zero-order chi connectivity index (χ0) is 17.8. The van der Waals surface area contributed by atoms with Crippen LogP contribution in [0, 0.1) is 11.3 Å². The number of nitriles is 1. The number of anilines is 2. The molecule has 1 aliphatic heterocycles. The van der Waals surface area contributed by atoms with Crippen LogP contribution in [0.3, 0.4) is 0 Å². The molecule has 0 radical (unpaired) electrons. The van der Waals surface area contributed by atoms with Gasteiger partial charge in [0.25, 0.3) is 0 Å². The Kier molecular flexibility index (Phi) is 4.53. The fraction of sp³-hybridized carbons (Fsp3) is 0.167. The number of carboxylic acids is 1. The maximum atomic E-state index is 11.5. The van der Waals surface area contributed by atoms with Gasteiger partial charge in [-0.2, -0.15) is 5.26 Å². The average molecular weight is 338 g/mol. The second-order valence-electron chi connectivity index (χ2n) is 5.17. The van der Waals surface area contributed by atoms with Gasteiger partial charge in [-0.3, -0.25) is 0 Å². The van der Waals surface area contributed by atoms with E-state index in [0.29, 0.717) is 23.7 Å². The van der Waals surface area contributed by atoms with E-state index in [2.05, 4.69) is 0 Å². The van der Waals surface area contributed by atoms with Crippen molar-refractivity contribution in [2.45, 2.75) is 6.92 Å². The van der Waals surface area contributed by atoms with Crippen molar-refractivity contribution in [2.24, 2.45) is 0 Å². The number of hydrazine groups is 1. The van der Waals surface area contributed by atoms with Crippen molar-refractivity contribution in [3.8, 4) is 17.6 Å². The molecule has 2 aromatic rings. The van der Waals surface area contributed by atoms with Gasteiger partial charge in [-0.15, -0.1) is 5.01 Å². The van der Waals surface area contributed by atoms with E-state index < -0.39 is 5.97 Å². The van der Waals surface area contributed by atoms with E-state index in [0.717, 1.165) is 5.69 Å². The summed E-state index contributed by atoms with van der Waals surface area (Å²) in [6.45, 7) is 2.22. The van der Waals surface area contributed by atoms with Gasteiger partial charge < -0.3 is 14.6 Å². The molecular formula is C18H16N3O4+. The summed E-state index contributed by atoms with van der Waals surface area (Å²) in [6, 6.07) is 16.3. The van der Waals surface area contributed by atoms with Gasteiger partial charge in [-0.1, -0.05) is 22.9 Å². The third kappa shape index (κ3) is 3.10. The van der Waals surface area contributed by atoms with E-state index in [4.69, 9.17) is 9.47 Å². The third-order valence-electron chi connectivity index (χ3n) is 3.71. The number of hydrazone groups is 1. The number of rotatable bonds is 5. The topological polar surface area (TPSA) is 85.8 Å². The molecule has 0 atom stereocenters. The van der Waals surface area contributed by atoms with Crippen LogP contribution in [-0.4, -0.2) is 34.8 Å². The van der Waals surface area contributed by atoms with E-state index in [1.165, 1.54) is 4.68 Å². The van der Waals surface area contributed by atoms with E-state index in [-0.39, 0.29) is 12.5 Å². The highest BCUT2D eigenvalue weighted by atomic mass is 16.7. The van der Waals surface area contributed by atoms with Crippen LogP contribution in [0.25, 0.3) is 0 Å². The highest BCUT2D eigenvalue weighted by Gasteiger charge is 2.30. The van der Waals surface area contributed by atoms with Crippen molar-refractivity contribution in [3.05, 3.63) is 48.5 Å². The molecule has 0 spiro atoms. The van der Waals surface area contributed by atoms with Crippen LogP contribution < -0.4 is 14.5 Å². The Morgan fingerprint density at radius 3 is 2.56 bits per heavy atom. The minimum Gasteiger partial charge on any atom is -0.473 e. The summed E-state index contributed by atoms with van der Waals surface area (Å²) in [5, 5.41) is 20.4. The predicted octanol–water partition coefficient (Wildman–Crippen LogP) is 2.55. The number of carbonyl (C=O) groups is 1. The lowest BCUT2D eigenvalue weighted by molar-refractivity contribution is -0.526. The fourth-order valence-electron chi connectivity index (χ4n) is 2.63. The number of benzene rings is 2. The lowest BCUT2D eigenvalue weighted by Crippen LogP contribution is -2.38. The molecule has 7 nitrogen and oxygen atoms in total. The molecule has 3 rings (SSSR count). The SMILES string of the molecule is CC[N+](=C(C#N)C(=O)O)N(c1ccccc1)c1ccc2c(c1)OCO2. The Labute approximate surface area is 144 Å². The molecule has 0 amide bonds. The summed E-state index contributed by atoms with van der Waals surface area (Å²) in [6.07, 6.45) is 0. The summed E-state index contributed by atoms with van der Waals surface area (Å²) >= 11 is 0. The van der Waals surface area contributed by atoms with Gasteiger partial charge in [0.05, 0.1) is 0 Å². The molecule has 1 aliphatic rings. The summed E-state index contributed by atoms with van der Waals surface area (Å²) < 4.78 is 12.2. The smallest absolute Gasteiger partial charge is 0.415 e. The van der Waals surface area contributed by atoms with Gasteiger partial charge in [-0.05, 0) is 31.2 Å². The second kappa shape index (κ2) is 6.93. The zero-order valence-corrected chi connectivity index (χ0v) is 13.5. The van der Waals surface area contributed by atoms with Crippen molar-refractivity contribution in [1.82, 2.24) is 0 Å². The molecule has 126 valence electrons. The minimum atomic E-state index is -1.29. The van der Waals surface area contributed by atoms with Crippen molar-refractivity contribution < 1.29 is 24.1 Å². The minimum absolute atomic E-state index is 0.145. The first-order chi connectivity index (χ1) is 12.2. The van der Waals surface area contributed by atoms with Crippen molar-refractivity contribution in [2.75, 3.05) is 18.3 Å². The lowest BCUT2D eigenvalue weighted by Gasteiger charge is -2.21. The summed E-state index contributed by atoms with van der Waals surface area (Å²) in [5.74, 6) is -0.0862. The maximum absolute atomic E-state index is 11.5. The third-order valence-corrected chi connectivity index (χ3v) is 3.71. The normalized spacial score (nSPS) is 13.0. The van der Waals surface area contributed by atoms with Gasteiger partial charge in [0.15, 0.2) is 24.1 Å². The molecule has 0 saturated heterocycles. The van der Waals surface area contributed by atoms with Crippen LogP contribution in [0.5, 0.6) is 11.5 Å². The summed E-state index contributed by atoms with van der Waals surface area (Å²) in [4.78, 5) is 11.5. The number of hydrogen-bond acceptors (Lipinski definition) is 5. The molecule has 1 N–H and O–H groups in total. The molecule has 2 aromatic carbocycles. The number of carboxylic acid groups (broad SMARTS) is 1. The van der Waals surface area contributed by atoms with Crippen LogP contribution in [0.15, 0.2) is 48.5 Å². The van der Waals surface area contributed by atoms with Gasteiger partial charge >= 0.3 is 11.7 Å². The van der Waals surface area contributed by atoms with E-state index in [9.17, 15) is 15.2 Å². The lowest BCUT2D eigenvalue weighted by atomic mass is 10.2. The molecule has 0 unspecified atom stereocenters. The maximum Gasteiger partial charge on any atom is 0.415 e. The van der Waals surface area contributed by atoms with Crippen molar-refractivity contribution in [3.63, 3.8) is 0 Å². The number of hydrogen-bond donors (Lipinski definition) is 1. The van der Waals surface area contributed by atoms with Gasteiger partial charge in [0, 0.05) is 6.07 Å². The largest absolute Gasteiger partial charge is 0.473 e. The monoisotopic (exact) mass is 338 g/mol. The number of para-hydroxylation sites is 1. The standard InChI is InChI=1S/C18H15N3O4/c1-2-20(15(11-19)18(22)23)21(13-6-4-3-5-7-13)14-8-9-16-17(10-14)25-12-24-16/h3-10H,2,12H2,1H3/p+1. The molecule has 0 aromatic heterocycles. The van der Waals surface area contributed by atoms with Crippen LogP contribution in [0.2, 0.25) is 0 Å². The Morgan fingerprint density at radius 1 is 1.20 bits per heavy atom. The van der Waals surface area contributed by atoms with Gasteiger partial charge in [-0.25, -0.2) is 4.79 Å². The van der Waals surface area contributed by atoms with Gasteiger partial charge in [0.1, 0.15) is 11.4 Å². The molecular weight excluding hydrogens is 322 g/mol. The zero-order valence-electron chi connectivity index (χ0n) is 13.5. The first-order valence-corrected chi connectivity index (χ1v) is 7.68. The first kappa shape index (κ1) is 16.3. The molecule has 7 heteroatoms. The summed E-state index contributed by atoms with van der Waals surface area (Å²) in [7, 11) is 0. The molecule has 0 aliphatic carbocycles. The molecule has 1 heterocycles. The molecule has 0 bridgehead atoms. The highest BCUT2D eigenvalue weighted by Crippen LogP contribution is 2.37. The van der Waals surface area contributed by atoms with Crippen molar-refractivity contribution in [1.29, 1.82) is 5.26 Å². The van der Waals surface area contributed by atoms with E-state index in [1.807, 2.05) is 30.3 Å². The average Bonchev–Trinajstić information content (AvgIpc) is 3.09. The van der Waals surface area contributed by atoms with E-state index in [1.54, 1.807) is 36.2 Å². The van der Waals surface area contributed by atoms with Gasteiger partial charge in [0.2, 0.25) is 6.79 Å². The van der Waals surface area contributed by atoms with Crippen molar-refractivity contribution >= 4 is 23.1 Å². The quantitative estimate of drug-likeness (QED) is 0.512. The highest BCUT2D eigenvalue weighted by molar-refractivity contribution is 6.40. The van der Waals surface area contributed by atoms with Crippen LogP contribution in [0.4, 0.5) is 11.4 Å². The van der Waals surface area contributed by atoms with Crippen LogP contribution in [0.1, 0.15) is 6.92 Å². The molecule has 25 heavy (non-hydrogen) atoms. The summed E-state index contributed by atoms with van der Waals surface area (Å²) in [5.41, 5.74) is 1.01. The number of aliphatic carboxylic acids is 1. The van der Waals surface area contributed by atoms with E-state index >= 15 is 0 Å². The Morgan fingerprint density at radius 2 is 1.92 bits per heavy atom. The first-order valence-electron chi connectivity index (χ1n) is 7.68. The Bertz CT molecular complexity index is 872. The molecule has 0 fully saturated rings. The van der Waals surface area contributed by atoms with Crippen LogP contribution >= 0.6 is 0 Å². The van der Waals surface area contributed by atoms with Crippen LogP contribution in [-0.2, 0) is 4.79 Å². The molecule has 0 saturated carbocycles.